The largest absolute Gasteiger partial charge is 0.475 e. The van der Waals surface area contributed by atoms with Crippen molar-refractivity contribution in [1.82, 2.24) is 9.97 Å². The molecule has 0 radical (unpaired) electrons. The number of methoxy groups -OCH3 is 1. The Morgan fingerprint density at radius 1 is 1.20 bits per heavy atom. The SMILES string of the molecule is CCNc1cc(OCCOCCCOC)nc(SC)n1. The molecule has 0 bridgehead atoms. The van der Waals surface area contributed by atoms with E-state index in [2.05, 4.69) is 15.3 Å². The fourth-order valence-corrected chi connectivity index (χ4v) is 1.82. The summed E-state index contributed by atoms with van der Waals surface area (Å²) >= 11 is 1.49. The fraction of sp³-hybridized carbons (Fsp3) is 0.692. The summed E-state index contributed by atoms with van der Waals surface area (Å²) in [7, 11) is 1.68. The molecule has 0 spiro atoms. The van der Waals surface area contributed by atoms with Crippen LogP contribution in [0.4, 0.5) is 5.82 Å². The van der Waals surface area contributed by atoms with Crippen LogP contribution in [0.15, 0.2) is 11.2 Å². The Balaban J connectivity index is 2.33. The van der Waals surface area contributed by atoms with Crippen molar-refractivity contribution in [3.63, 3.8) is 0 Å². The van der Waals surface area contributed by atoms with Crippen LogP contribution in [0.2, 0.25) is 0 Å². The van der Waals surface area contributed by atoms with Gasteiger partial charge in [0.25, 0.3) is 0 Å². The van der Waals surface area contributed by atoms with Crippen LogP contribution >= 0.6 is 11.8 Å². The van der Waals surface area contributed by atoms with Gasteiger partial charge < -0.3 is 19.5 Å². The fourth-order valence-electron chi connectivity index (χ4n) is 1.45. The molecule has 0 saturated heterocycles. The van der Waals surface area contributed by atoms with Crippen LogP contribution in [-0.2, 0) is 9.47 Å². The maximum atomic E-state index is 5.58. The van der Waals surface area contributed by atoms with Crippen molar-refractivity contribution in [2.75, 3.05) is 51.7 Å². The number of ether oxygens (including phenoxy) is 3. The monoisotopic (exact) mass is 301 g/mol. The molecular weight excluding hydrogens is 278 g/mol. The van der Waals surface area contributed by atoms with Crippen molar-refractivity contribution in [2.24, 2.45) is 0 Å². The molecule has 6 nitrogen and oxygen atoms in total. The summed E-state index contributed by atoms with van der Waals surface area (Å²) in [5.74, 6) is 1.35. The van der Waals surface area contributed by atoms with Crippen molar-refractivity contribution in [2.45, 2.75) is 18.5 Å². The summed E-state index contributed by atoms with van der Waals surface area (Å²) in [5, 5.41) is 3.85. The summed E-state index contributed by atoms with van der Waals surface area (Å²) in [6, 6.07) is 1.80. The molecule has 0 aromatic carbocycles. The van der Waals surface area contributed by atoms with Crippen LogP contribution in [0.25, 0.3) is 0 Å². The van der Waals surface area contributed by atoms with E-state index in [0.717, 1.165) is 25.4 Å². The van der Waals surface area contributed by atoms with E-state index in [0.29, 0.717) is 30.9 Å². The maximum absolute atomic E-state index is 5.58. The molecule has 0 aliphatic heterocycles. The second kappa shape index (κ2) is 10.7. The number of thioether (sulfide) groups is 1. The minimum Gasteiger partial charge on any atom is -0.475 e. The molecule has 0 aliphatic carbocycles. The van der Waals surface area contributed by atoms with E-state index in [9.17, 15) is 0 Å². The summed E-state index contributed by atoms with van der Waals surface area (Å²) < 4.78 is 15.9. The normalized spacial score (nSPS) is 10.6. The van der Waals surface area contributed by atoms with E-state index in [1.807, 2.05) is 13.2 Å². The van der Waals surface area contributed by atoms with Gasteiger partial charge in [-0.1, -0.05) is 11.8 Å². The first-order valence-electron chi connectivity index (χ1n) is 6.66. The van der Waals surface area contributed by atoms with Crippen molar-refractivity contribution in [3.05, 3.63) is 6.07 Å². The van der Waals surface area contributed by atoms with Crippen LogP contribution in [0, 0.1) is 0 Å². The average molecular weight is 301 g/mol. The molecule has 20 heavy (non-hydrogen) atoms. The molecule has 0 fully saturated rings. The Morgan fingerprint density at radius 2 is 2.05 bits per heavy atom. The molecule has 1 rings (SSSR count). The predicted octanol–water partition coefficient (Wildman–Crippen LogP) is 2.06. The average Bonchev–Trinajstić information content (AvgIpc) is 2.46. The van der Waals surface area contributed by atoms with E-state index < -0.39 is 0 Å². The Morgan fingerprint density at radius 3 is 2.75 bits per heavy atom. The zero-order valence-electron chi connectivity index (χ0n) is 12.3. The Kier molecular flexibility index (Phi) is 9.10. The predicted molar refractivity (Wildman–Crippen MR) is 80.8 cm³/mol. The third kappa shape index (κ3) is 6.93. The van der Waals surface area contributed by atoms with Gasteiger partial charge in [0.2, 0.25) is 5.88 Å². The molecule has 114 valence electrons. The lowest BCUT2D eigenvalue weighted by Crippen LogP contribution is -2.10. The molecule has 0 unspecified atom stereocenters. The number of nitrogens with one attached hydrogen (secondary N) is 1. The highest BCUT2D eigenvalue weighted by atomic mass is 32.2. The number of hydrogen-bond donors (Lipinski definition) is 1. The first kappa shape index (κ1) is 17.0. The number of aromatic nitrogens is 2. The van der Waals surface area contributed by atoms with Gasteiger partial charge in [0.15, 0.2) is 5.16 Å². The Labute approximate surface area is 124 Å². The Hall–Kier alpha value is -1.05. The highest BCUT2D eigenvalue weighted by Gasteiger charge is 2.04. The van der Waals surface area contributed by atoms with Crippen LogP contribution in [0.3, 0.4) is 0 Å². The minimum absolute atomic E-state index is 0.476. The van der Waals surface area contributed by atoms with Crippen molar-refractivity contribution in [3.8, 4) is 5.88 Å². The lowest BCUT2D eigenvalue weighted by atomic mass is 10.5. The van der Waals surface area contributed by atoms with Gasteiger partial charge in [-0.05, 0) is 19.6 Å². The highest BCUT2D eigenvalue weighted by molar-refractivity contribution is 7.98. The second-order valence-electron chi connectivity index (χ2n) is 3.92. The minimum atomic E-state index is 0.476. The lowest BCUT2D eigenvalue weighted by Gasteiger charge is -2.09. The first-order valence-corrected chi connectivity index (χ1v) is 7.89. The highest BCUT2D eigenvalue weighted by Crippen LogP contribution is 2.18. The quantitative estimate of drug-likeness (QED) is 0.381. The van der Waals surface area contributed by atoms with Gasteiger partial charge in [-0.3, -0.25) is 0 Å². The van der Waals surface area contributed by atoms with Gasteiger partial charge in [-0.15, -0.1) is 0 Å². The third-order valence-electron chi connectivity index (χ3n) is 2.34. The molecule has 0 atom stereocenters. The molecule has 1 aromatic rings. The van der Waals surface area contributed by atoms with Crippen LogP contribution in [0.5, 0.6) is 5.88 Å². The smallest absolute Gasteiger partial charge is 0.219 e. The standard InChI is InChI=1S/C13H23N3O3S/c1-4-14-11-10-12(16-13(15-11)20-3)19-9-8-18-7-5-6-17-2/h10H,4-9H2,1-3H3,(H,14,15,16). The second-order valence-corrected chi connectivity index (χ2v) is 4.69. The van der Waals surface area contributed by atoms with Crippen LogP contribution < -0.4 is 10.1 Å². The molecule has 1 N–H and O–H groups in total. The molecule has 0 amide bonds. The van der Waals surface area contributed by atoms with Crippen molar-refractivity contribution < 1.29 is 14.2 Å². The van der Waals surface area contributed by atoms with E-state index in [1.54, 1.807) is 13.2 Å². The Bertz CT molecular complexity index is 380. The van der Waals surface area contributed by atoms with Gasteiger partial charge >= 0.3 is 0 Å². The number of rotatable bonds is 11. The van der Waals surface area contributed by atoms with Gasteiger partial charge in [0.1, 0.15) is 12.4 Å². The molecule has 0 saturated carbocycles. The molecule has 1 aromatic heterocycles. The summed E-state index contributed by atoms with van der Waals surface area (Å²) in [4.78, 5) is 8.63. The van der Waals surface area contributed by atoms with Crippen molar-refractivity contribution in [1.29, 1.82) is 0 Å². The van der Waals surface area contributed by atoms with E-state index in [4.69, 9.17) is 14.2 Å². The van der Waals surface area contributed by atoms with Gasteiger partial charge in [-0.2, -0.15) is 4.98 Å². The van der Waals surface area contributed by atoms with Crippen LogP contribution in [0.1, 0.15) is 13.3 Å². The lowest BCUT2D eigenvalue weighted by molar-refractivity contribution is 0.0793. The first-order chi connectivity index (χ1) is 9.80. The van der Waals surface area contributed by atoms with E-state index in [-0.39, 0.29) is 0 Å². The molecule has 7 heteroatoms. The molecule has 0 aliphatic rings. The third-order valence-corrected chi connectivity index (χ3v) is 2.89. The number of hydrogen-bond acceptors (Lipinski definition) is 7. The van der Waals surface area contributed by atoms with Gasteiger partial charge in [0.05, 0.1) is 6.61 Å². The zero-order valence-corrected chi connectivity index (χ0v) is 13.2. The zero-order chi connectivity index (χ0) is 14.6. The molecular formula is C13H23N3O3S. The molecule has 1 heterocycles. The van der Waals surface area contributed by atoms with Crippen LogP contribution in [-0.4, -0.2) is 56.3 Å². The number of nitrogens with zero attached hydrogens (tertiary/aromatic N) is 2. The topological polar surface area (TPSA) is 65.5 Å². The van der Waals surface area contributed by atoms with Gasteiger partial charge in [0, 0.05) is 32.9 Å². The summed E-state index contributed by atoms with van der Waals surface area (Å²) in [6.45, 7) is 5.25. The van der Waals surface area contributed by atoms with E-state index >= 15 is 0 Å². The van der Waals surface area contributed by atoms with Gasteiger partial charge in [-0.25, -0.2) is 4.98 Å². The summed E-state index contributed by atoms with van der Waals surface area (Å²) in [6.07, 6.45) is 2.83. The number of anilines is 1. The van der Waals surface area contributed by atoms with E-state index in [1.165, 1.54) is 11.8 Å². The maximum Gasteiger partial charge on any atom is 0.219 e. The van der Waals surface area contributed by atoms with Crippen molar-refractivity contribution >= 4 is 17.6 Å². The summed E-state index contributed by atoms with van der Waals surface area (Å²) in [5.41, 5.74) is 0.